The number of nitrogens with one attached hydrogen (secondary N) is 1. The summed E-state index contributed by atoms with van der Waals surface area (Å²) in [5.74, 6) is 2.33. The molecule has 0 atom stereocenters. The Balaban J connectivity index is 1.68. The molecule has 25 heavy (non-hydrogen) atoms. The number of hydrogen-bond acceptors (Lipinski definition) is 6. The molecule has 1 aromatic heterocycles. The van der Waals surface area contributed by atoms with E-state index in [9.17, 15) is 4.79 Å². The van der Waals surface area contributed by atoms with Crippen molar-refractivity contribution in [3.63, 3.8) is 0 Å². The first kappa shape index (κ1) is 17.9. The van der Waals surface area contributed by atoms with Gasteiger partial charge in [0, 0.05) is 33.1 Å². The highest BCUT2D eigenvalue weighted by molar-refractivity contribution is 5.78. The highest BCUT2D eigenvalue weighted by Crippen LogP contribution is 2.24. The van der Waals surface area contributed by atoms with Crippen molar-refractivity contribution in [3.05, 3.63) is 5.82 Å². The van der Waals surface area contributed by atoms with Gasteiger partial charge in [0.25, 0.3) is 0 Å². The summed E-state index contributed by atoms with van der Waals surface area (Å²) in [7, 11) is 3.86. The molecule has 2 aliphatic rings. The second-order valence-electron chi connectivity index (χ2n) is 7.35. The van der Waals surface area contributed by atoms with Gasteiger partial charge in [0.1, 0.15) is 0 Å². The maximum atomic E-state index is 12.4. The highest BCUT2D eigenvalue weighted by atomic mass is 16.1. The summed E-state index contributed by atoms with van der Waals surface area (Å²) in [4.78, 5) is 30.2. The minimum absolute atomic E-state index is 0.144. The molecule has 1 aliphatic heterocycles. The van der Waals surface area contributed by atoms with Gasteiger partial charge >= 0.3 is 0 Å². The normalized spacial score (nSPS) is 18.9. The van der Waals surface area contributed by atoms with Crippen molar-refractivity contribution in [2.45, 2.75) is 57.9 Å². The van der Waals surface area contributed by atoms with Crippen LogP contribution in [0.3, 0.4) is 0 Å². The predicted molar refractivity (Wildman–Crippen MR) is 98.6 cm³/mol. The Morgan fingerprint density at radius 3 is 2.40 bits per heavy atom. The number of nitrogens with zero attached hydrogens (tertiary/aromatic N) is 5. The summed E-state index contributed by atoms with van der Waals surface area (Å²) in [5.41, 5.74) is 0. The molecule has 1 saturated carbocycles. The molecular formula is C18H30N6O. The van der Waals surface area contributed by atoms with Crippen molar-refractivity contribution in [2.75, 3.05) is 37.0 Å². The van der Waals surface area contributed by atoms with E-state index in [1.54, 1.807) is 0 Å². The van der Waals surface area contributed by atoms with Crippen LogP contribution in [0, 0.1) is 5.92 Å². The van der Waals surface area contributed by atoms with Crippen molar-refractivity contribution in [1.82, 2.24) is 20.3 Å². The highest BCUT2D eigenvalue weighted by Gasteiger charge is 2.22. The monoisotopic (exact) mass is 346 g/mol. The Hall–Kier alpha value is -1.92. The number of piperidine rings is 1. The van der Waals surface area contributed by atoms with Gasteiger partial charge in [-0.15, -0.1) is 0 Å². The molecule has 0 radical (unpaired) electrons. The molecule has 0 spiro atoms. The molecule has 1 amide bonds. The SMILES string of the molecule is CN(C)c1nc(CNC(=O)C2CCCCC2)nc(N2CCCCC2)n1. The van der Waals surface area contributed by atoms with Crippen LogP contribution in [-0.4, -0.2) is 48.0 Å². The number of aromatic nitrogens is 3. The van der Waals surface area contributed by atoms with Gasteiger partial charge in [-0.1, -0.05) is 19.3 Å². The molecule has 0 bridgehead atoms. The fourth-order valence-corrected chi connectivity index (χ4v) is 3.58. The molecule has 1 saturated heterocycles. The zero-order chi connectivity index (χ0) is 17.6. The van der Waals surface area contributed by atoms with Crippen LogP contribution in [0.4, 0.5) is 11.9 Å². The summed E-state index contributed by atoms with van der Waals surface area (Å²) in [6, 6.07) is 0. The number of hydrogen-bond donors (Lipinski definition) is 1. The van der Waals surface area contributed by atoms with Crippen molar-refractivity contribution in [3.8, 4) is 0 Å². The second-order valence-corrected chi connectivity index (χ2v) is 7.35. The Morgan fingerprint density at radius 1 is 1.04 bits per heavy atom. The summed E-state index contributed by atoms with van der Waals surface area (Å²) in [6.07, 6.45) is 9.21. The first-order valence-electron chi connectivity index (χ1n) is 9.58. The van der Waals surface area contributed by atoms with E-state index in [1.165, 1.54) is 25.7 Å². The molecule has 3 rings (SSSR count). The van der Waals surface area contributed by atoms with Gasteiger partial charge in [-0.3, -0.25) is 4.79 Å². The third kappa shape index (κ3) is 4.80. The van der Waals surface area contributed by atoms with Crippen LogP contribution in [-0.2, 0) is 11.3 Å². The van der Waals surface area contributed by atoms with Gasteiger partial charge in [-0.05, 0) is 32.1 Å². The summed E-state index contributed by atoms with van der Waals surface area (Å²) >= 11 is 0. The zero-order valence-corrected chi connectivity index (χ0v) is 15.5. The van der Waals surface area contributed by atoms with Crippen molar-refractivity contribution < 1.29 is 4.79 Å². The van der Waals surface area contributed by atoms with Crippen LogP contribution in [0.2, 0.25) is 0 Å². The Labute approximate surface area is 150 Å². The molecule has 1 aliphatic carbocycles. The second kappa shape index (κ2) is 8.45. The van der Waals surface area contributed by atoms with Crippen LogP contribution >= 0.6 is 0 Å². The largest absolute Gasteiger partial charge is 0.349 e. The van der Waals surface area contributed by atoms with Gasteiger partial charge < -0.3 is 15.1 Å². The fourth-order valence-electron chi connectivity index (χ4n) is 3.58. The minimum Gasteiger partial charge on any atom is -0.349 e. The number of rotatable bonds is 5. The minimum atomic E-state index is 0.144. The van der Waals surface area contributed by atoms with E-state index in [-0.39, 0.29) is 11.8 Å². The van der Waals surface area contributed by atoms with Gasteiger partial charge in [-0.25, -0.2) is 0 Å². The number of anilines is 2. The Bertz CT molecular complexity index is 579. The summed E-state index contributed by atoms with van der Waals surface area (Å²) in [6.45, 7) is 2.36. The average Bonchev–Trinajstić information content (AvgIpc) is 2.67. The van der Waals surface area contributed by atoms with E-state index in [0.717, 1.165) is 44.7 Å². The predicted octanol–water partition coefficient (Wildman–Crippen LogP) is 2.12. The Morgan fingerprint density at radius 2 is 1.72 bits per heavy atom. The van der Waals surface area contributed by atoms with E-state index in [1.807, 2.05) is 19.0 Å². The first-order chi connectivity index (χ1) is 12.1. The topological polar surface area (TPSA) is 74.2 Å². The lowest BCUT2D eigenvalue weighted by atomic mass is 9.89. The van der Waals surface area contributed by atoms with Gasteiger partial charge in [0.15, 0.2) is 5.82 Å². The van der Waals surface area contributed by atoms with Crippen LogP contribution in [0.5, 0.6) is 0 Å². The third-order valence-corrected chi connectivity index (χ3v) is 5.09. The van der Waals surface area contributed by atoms with E-state index in [4.69, 9.17) is 0 Å². The van der Waals surface area contributed by atoms with E-state index in [2.05, 4.69) is 25.2 Å². The van der Waals surface area contributed by atoms with Crippen LogP contribution in [0.1, 0.15) is 57.2 Å². The smallest absolute Gasteiger partial charge is 0.230 e. The molecule has 0 aromatic carbocycles. The number of carbonyl (C=O) groups excluding carboxylic acids is 1. The van der Waals surface area contributed by atoms with Crippen molar-refractivity contribution >= 4 is 17.8 Å². The fraction of sp³-hybridized carbons (Fsp3) is 0.778. The third-order valence-electron chi connectivity index (χ3n) is 5.09. The maximum Gasteiger partial charge on any atom is 0.230 e. The average molecular weight is 346 g/mol. The molecule has 1 N–H and O–H groups in total. The molecule has 2 heterocycles. The maximum absolute atomic E-state index is 12.4. The standard InChI is InChI=1S/C18H30N6O/c1-23(2)17-20-15(13-19-16(25)14-9-5-3-6-10-14)21-18(22-17)24-11-7-4-8-12-24/h14H,3-13H2,1-2H3,(H,19,25). The van der Waals surface area contributed by atoms with Crippen LogP contribution in [0.25, 0.3) is 0 Å². The molecular weight excluding hydrogens is 316 g/mol. The molecule has 138 valence electrons. The quantitative estimate of drug-likeness (QED) is 0.880. The summed E-state index contributed by atoms with van der Waals surface area (Å²) in [5, 5.41) is 3.04. The number of carbonyl (C=O) groups is 1. The van der Waals surface area contributed by atoms with E-state index < -0.39 is 0 Å². The molecule has 1 aromatic rings. The van der Waals surface area contributed by atoms with Crippen molar-refractivity contribution in [2.24, 2.45) is 5.92 Å². The van der Waals surface area contributed by atoms with Gasteiger partial charge in [-0.2, -0.15) is 15.0 Å². The van der Waals surface area contributed by atoms with Crippen LogP contribution in [0.15, 0.2) is 0 Å². The Kier molecular flexibility index (Phi) is 6.04. The molecule has 7 nitrogen and oxygen atoms in total. The van der Waals surface area contributed by atoms with Gasteiger partial charge in [0.2, 0.25) is 17.8 Å². The lowest BCUT2D eigenvalue weighted by Gasteiger charge is -2.27. The van der Waals surface area contributed by atoms with Crippen molar-refractivity contribution in [1.29, 1.82) is 0 Å². The van der Waals surface area contributed by atoms with Crippen LogP contribution < -0.4 is 15.1 Å². The van der Waals surface area contributed by atoms with Gasteiger partial charge in [0.05, 0.1) is 6.54 Å². The first-order valence-corrected chi connectivity index (χ1v) is 9.58. The molecule has 2 fully saturated rings. The molecule has 0 unspecified atom stereocenters. The summed E-state index contributed by atoms with van der Waals surface area (Å²) < 4.78 is 0. The van der Waals surface area contributed by atoms with E-state index >= 15 is 0 Å². The lowest BCUT2D eigenvalue weighted by molar-refractivity contribution is -0.126. The zero-order valence-electron chi connectivity index (χ0n) is 15.5. The molecule has 7 heteroatoms. The number of amides is 1. The lowest BCUT2D eigenvalue weighted by Crippen LogP contribution is -2.34. The van der Waals surface area contributed by atoms with E-state index in [0.29, 0.717) is 18.3 Å².